The average Bonchev–Trinajstić information content (AvgIpc) is 2.88. The van der Waals surface area contributed by atoms with E-state index in [0.29, 0.717) is 0 Å². The standard InChI is InChI=1S/C27H36.C3H6.C2H6.C2H4/c1-6-12-23(19-24-13-10-9-11-14-24)17-18-25-16-15-22(5)27(20-25)26(8-3)21(4)7-2;1-3-2;2*1-2/h8-11,13-16,20,23H,4,6-7,12,17-19H2,1-3,5H3;3H,1H2,2H3;1-2H3;1-2H2/b26-8-;;;. The van der Waals surface area contributed by atoms with Crippen molar-refractivity contribution in [2.24, 2.45) is 5.92 Å². The van der Waals surface area contributed by atoms with Crippen molar-refractivity contribution in [1.29, 1.82) is 0 Å². The minimum absolute atomic E-state index is 0.758. The highest BCUT2D eigenvalue weighted by atomic mass is 14.2. The Morgan fingerprint density at radius 3 is 2.00 bits per heavy atom. The van der Waals surface area contributed by atoms with Gasteiger partial charge in [-0.05, 0) is 85.8 Å². The van der Waals surface area contributed by atoms with Crippen LogP contribution in [0.2, 0.25) is 0 Å². The Hall–Kier alpha value is -2.60. The smallest absolute Gasteiger partial charge is 0.0153 e. The van der Waals surface area contributed by atoms with Gasteiger partial charge in [0.05, 0.1) is 0 Å². The normalized spacial score (nSPS) is 10.9. The largest absolute Gasteiger partial charge is 0.106 e. The van der Waals surface area contributed by atoms with Gasteiger partial charge in [0.15, 0.2) is 0 Å². The van der Waals surface area contributed by atoms with Gasteiger partial charge in [-0.25, -0.2) is 0 Å². The van der Waals surface area contributed by atoms with E-state index in [9.17, 15) is 0 Å². The molecule has 1 unspecified atom stereocenters. The molecule has 0 saturated heterocycles. The van der Waals surface area contributed by atoms with Crippen molar-refractivity contribution >= 4 is 5.57 Å². The lowest BCUT2D eigenvalue weighted by Crippen LogP contribution is -2.06. The molecule has 0 aliphatic carbocycles. The molecule has 0 heterocycles. The van der Waals surface area contributed by atoms with E-state index >= 15 is 0 Å². The second-order valence-electron chi connectivity index (χ2n) is 8.10. The van der Waals surface area contributed by atoms with Gasteiger partial charge < -0.3 is 0 Å². The van der Waals surface area contributed by atoms with Gasteiger partial charge in [0.25, 0.3) is 0 Å². The highest BCUT2D eigenvalue weighted by molar-refractivity contribution is 5.80. The van der Waals surface area contributed by atoms with Gasteiger partial charge in [0.1, 0.15) is 0 Å². The van der Waals surface area contributed by atoms with Gasteiger partial charge in [0, 0.05) is 0 Å². The van der Waals surface area contributed by atoms with Crippen LogP contribution in [0, 0.1) is 12.8 Å². The maximum Gasteiger partial charge on any atom is -0.0153 e. The molecule has 0 radical (unpaired) electrons. The van der Waals surface area contributed by atoms with Gasteiger partial charge in [-0.1, -0.05) is 108 Å². The third-order valence-electron chi connectivity index (χ3n) is 5.59. The molecule has 0 aromatic heterocycles. The Kier molecular flexibility index (Phi) is 21.9. The predicted molar refractivity (Wildman–Crippen MR) is 160 cm³/mol. The van der Waals surface area contributed by atoms with Crippen molar-refractivity contribution in [3.63, 3.8) is 0 Å². The van der Waals surface area contributed by atoms with Crippen LogP contribution in [0.3, 0.4) is 0 Å². The van der Waals surface area contributed by atoms with E-state index in [1.165, 1.54) is 59.1 Å². The third kappa shape index (κ3) is 13.2. The second-order valence-corrected chi connectivity index (χ2v) is 8.10. The van der Waals surface area contributed by atoms with Crippen LogP contribution in [0.4, 0.5) is 0 Å². The molecule has 34 heavy (non-hydrogen) atoms. The lowest BCUT2D eigenvalue weighted by atomic mass is 9.87. The number of benzene rings is 2. The van der Waals surface area contributed by atoms with Crippen molar-refractivity contribution in [3.05, 3.63) is 115 Å². The molecule has 2 aromatic rings. The minimum Gasteiger partial charge on any atom is -0.106 e. The van der Waals surface area contributed by atoms with Crippen LogP contribution in [-0.2, 0) is 12.8 Å². The molecule has 0 amide bonds. The van der Waals surface area contributed by atoms with Crippen molar-refractivity contribution < 1.29 is 0 Å². The van der Waals surface area contributed by atoms with Crippen LogP contribution >= 0.6 is 0 Å². The van der Waals surface area contributed by atoms with E-state index < -0.39 is 0 Å². The first-order valence-corrected chi connectivity index (χ1v) is 13.1. The first kappa shape index (κ1) is 33.6. The molecule has 0 bridgehead atoms. The Bertz CT molecular complexity index is 807. The molecule has 0 nitrogen and oxygen atoms in total. The predicted octanol–water partition coefficient (Wildman–Crippen LogP) is 11.0. The van der Waals surface area contributed by atoms with Crippen molar-refractivity contribution in [1.82, 2.24) is 0 Å². The van der Waals surface area contributed by atoms with Crippen LogP contribution < -0.4 is 0 Å². The van der Waals surface area contributed by atoms with Gasteiger partial charge in [-0.3, -0.25) is 0 Å². The molecule has 2 aromatic carbocycles. The number of hydrogen-bond acceptors (Lipinski definition) is 0. The lowest BCUT2D eigenvalue weighted by Gasteiger charge is -2.18. The van der Waals surface area contributed by atoms with E-state index in [0.717, 1.165) is 18.8 Å². The van der Waals surface area contributed by atoms with Gasteiger partial charge in [-0.15, -0.1) is 19.7 Å². The van der Waals surface area contributed by atoms with Crippen LogP contribution in [0.5, 0.6) is 0 Å². The van der Waals surface area contributed by atoms with Gasteiger partial charge >= 0.3 is 0 Å². The zero-order valence-electron chi connectivity index (χ0n) is 23.4. The first-order chi connectivity index (χ1) is 16.5. The fourth-order valence-electron chi connectivity index (χ4n) is 3.93. The number of aryl methyl sites for hydroxylation is 2. The summed E-state index contributed by atoms with van der Waals surface area (Å²) in [4.78, 5) is 0. The lowest BCUT2D eigenvalue weighted by molar-refractivity contribution is 0.443. The second kappa shape index (κ2) is 22.2. The van der Waals surface area contributed by atoms with Gasteiger partial charge in [-0.2, -0.15) is 0 Å². The minimum atomic E-state index is 0.758. The summed E-state index contributed by atoms with van der Waals surface area (Å²) in [7, 11) is 0. The number of hydrogen-bond donors (Lipinski definition) is 0. The monoisotopic (exact) mass is 460 g/mol. The Labute approximate surface area is 213 Å². The average molecular weight is 461 g/mol. The fraction of sp³-hybridized carbons (Fsp3) is 0.412. The maximum absolute atomic E-state index is 4.27. The Balaban J connectivity index is 0. The van der Waals surface area contributed by atoms with E-state index in [2.05, 4.69) is 109 Å². The first-order valence-electron chi connectivity index (χ1n) is 13.1. The van der Waals surface area contributed by atoms with E-state index in [1.54, 1.807) is 6.08 Å². The quantitative estimate of drug-likeness (QED) is 0.244. The zero-order valence-corrected chi connectivity index (χ0v) is 23.4. The molecule has 0 aliphatic heterocycles. The Morgan fingerprint density at radius 2 is 1.50 bits per heavy atom. The Morgan fingerprint density at radius 1 is 0.912 bits per heavy atom. The molecule has 0 fully saturated rings. The van der Waals surface area contributed by atoms with Crippen LogP contribution in [0.15, 0.2) is 92.6 Å². The molecule has 0 spiro atoms. The molecule has 1 atom stereocenters. The summed E-state index contributed by atoms with van der Waals surface area (Å²) in [5, 5.41) is 0. The van der Waals surface area contributed by atoms with Gasteiger partial charge in [0.2, 0.25) is 0 Å². The molecule has 0 aliphatic rings. The summed E-state index contributed by atoms with van der Waals surface area (Å²) in [6, 6.07) is 17.9. The third-order valence-corrected chi connectivity index (χ3v) is 5.59. The maximum atomic E-state index is 4.27. The highest BCUT2D eigenvalue weighted by Crippen LogP contribution is 2.29. The van der Waals surface area contributed by atoms with E-state index in [4.69, 9.17) is 0 Å². The summed E-state index contributed by atoms with van der Waals surface area (Å²) in [5.41, 5.74) is 8.16. The summed E-state index contributed by atoms with van der Waals surface area (Å²) >= 11 is 0. The number of allylic oxidation sites excluding steroid dienone is 4. The molecule has 0 N–H and O–H groups in total. The molecular weight excluding hydrogens is 408 g/mol. The van der Waals surface area contributed by atoms with Crippen LogP contribution in [0.25, 0.3) is 5.57 Å². The molecule has 188 valence electrons. The van der Waals surface area contributed by atoms with Crippen LogP contribution in [0.1, 0.15) is 89.5 Å². The topological polar surface area (TPSA) is 0 Å². The summed E-state index contributed by atoms with van der Waals surface area (Å²) < 4.78 is 0. The van der Waals surface area contributed by atoms with Crippen molar-refractivity contribution in [2.45, 2.75) is 87.0 Å². The SMILES string of the molecule is C=C.C=C(CC)/C(=C/C)c1cc(CCC(CCC)Cc2ccccc2)ccc1C.C=CC.CC. The summed E-state index contributed by atoms with van der Waals surface area (Å²) in [5.74, 6) is 0.758. The highest BCUT2D eigenvalue weighted by Gasteiger charge is 2.12. The molecule has 0 saturated carbocycles. The molecular formula is C34H52. The summed E-state index contributed by atoms with van der Waals surface area (Å²) in [6.07, 6.45) is 11.1. The zero-order chi connectivity index (χ0) is 26.4. The number of rotatable bonds is 10. The molecule has 2 rings (SSSR count). The van der Waals surface area contributed by atoms with E-state index in [1.807, 2.05) is 20.8 Å². The van der Waals surface area contributed by atoms with Crippen LogP contribution in [-0.4, -0.2) is 0 Å². The van der Waals surface area contributed by atoms with Crippen molar-refractivity contribution in [3.8, 4) is 0 Å². The van der Waals surface area contributed by atoms with Crippen molar-refractivity contribution in [2.75, 3.05) is 0 Å². The van der Waals surface area contributed by atoms with E-state index in [-0.39, 0.29) is 0 Å². The summed E-state index contributed by atoms with van der Waals surface area (Å²) in [6.45, 7) is 28.3. The fourth-order valence-corrected chi connectivity index (χ4v) is 3.93. The molecule has 0 heteroatoms.